The minimum absolute atomic E-state index is 0. The molecule has 0 aliphatic rings. The summed E-state index contributed by atoms with van der Waals surface area (Å²) in [7, 11) is 3.40. The van der Waals surface area contributed by atoms with E-state index < -0.39 is 0 Å². The topological polar surface area (TPSA) is 67.8 Å². The van der Waals surface area contributed by atoms with Gasteiger partial charge in [-0.25, -0.2) is 4.98 Å². The molecule has 0 aliphatic heterocycles. The van der Waals surface area contributed by atoms with Crippen LogP contribution < -0.4 is 20.1 Å². The Morgan fingerprint density at radius 1 is 1.24 bits per heavy atom. The van der Waals surface area contributed by atoms with E-state index in [1.54, 1.807) is 25.5 Å². The molecule has 2 rings (SSSR count). The number of nitrogens with one attached hydrogen (secondary N) is 2. The van der Waals surface area contributed by atoms with Crippen molar-refractivity contribution < 1.29 is 9.47 Å². The van der Waals surface area contributed by atoms with Crippen molar-refractivity contribution in [3.8, 4) is 11.5 Å². The summed E-state index contributed by atoms with van der Waals surface area (Å²) in [5.74, 6) is 2.22. The Balaban J connectivity index is 0.00000312. The standard InChI is InChI=1S/C17H24N4O2S.HI/c1-5-23-14-7-6-13(8-15(14)22-4)10-20-17(18-3)21-11-16-19-9-12(2)24-16;/h6-9H,5,10-11H2,1-4H3,(H2,18,20,21);1H. The predicted molar refractivity (Wildman–Crippen MR) is 113 cm³/mol. The van der Waals surface area contributed by atoms with Crippen LogP contribution in [-0.4, -0.2) is 31.7 Å². The molecule has 0 saturated heterocycles. The van der Waals surface area contributed by atoms with Gasteiger partial charge in [0.25, 0.3) is 0 Å². The van der Waals surface area contributed by atoms with Crippen molar-refractivity contribution in [3.05, 3.63) is 39.8 Å². The van der Waals surface area contributed by atoms with Crippen molar-refractivity contribution in [1.82, 2.24) is 15.6 Å². The molecule has 0 radical (unpaired) electrons. The van der Waals surface area contributed by atoms with Gasteiger partial charge >= 0.3 is 0 Å². The molecule has 2 aromatic rings. The molecular formula is C17H25IN4O2S. The average molecular weight is 476 g/mol. The Hall–Kier alpha value is -1.55. The number of rotatable bonds is 7. The quantitative estimate of drug-likeness (QED) is 0.365. The molecule has 1 aromatic heterocycles. The van der Waals surface area contributed by atoms with E-state index in [1.165, 1.54) is 4.88 Å². The molecule has 0 spiro atoms. The van der Waals surface area contributed by atoms with Crippen LogP contribution in [0.5, 0.6) is 11.5 Å². The zero-order valence-corrected chi connectivity index (χ0v) is 18.1. The minimum Gasteiger partial charge on any atom is -0.493 e. The molecule has 1 aromatic carbocycles. The van der Waals surface area contributed by atoms with Crippen molar-refractivity contribution in [2.45, 2.75) is 26.9 Å². The third-order valence-electron chi connectivity index (χ3n) is 3.29. The number of aromatic nitrogens is 1. The SMILES string of the molecule is CCOc1ccc(CNC(=NC)NCc2ncc(C)s2)cc1OC.I. The zero-order chi connectivity index (χ0) is 17.4. The highest BCUT2D eigenvalue weighted by atomic mass is 127. The van der Waals surface area contributed by atoms with Gasteiger partial charge in [-0.15, -0.1) is 35.3 Å². The smallest absolute Gasteiger partial charge is 0.191 e. The van der Waals surface area contributed by atoms with E-state index in [0.29, 0.717) is 19.7 Å². The van der Waals surface area contributed by atoms with Crippen LogP contribution in [0.4, 0.5) is 0 Å². The first kappa shape index (κ1) is 21.5. The lowest BCUT2D eigenvalue weighted by Crippen LogP contribution is -2.36. The summed E-state index contributed by atoms with van der Waals surface area (Å²) in [5.41, 5.74) is 1.09. The molecule has 6 nitrogen and oxygen atoms in total. The van der Waals surface area contributed by atoms with Crippen LogP contribution in [0.15, 0.2) is 29.4 Å². The van der Waals surface area contributed by atoms with Gasteiger partial charge in [0.15, 0.2) is 17.5 Å². The minimum atomic E-state index is 0. The molecule has 0 atom stereocenters. The molecule has 0 unspecified atom stereocenters. The normalized spacial score (nSPS) is 10.8. The van der Waals surface area contributed by atoms with Gasteiger partial charge in [-0.1, -0.05) is 6.07 Å². The van der Waals surface area contributed by atoms with Crippen molar-refractivity contribution >= 4 is 41.3 Å². The van der Waals surface area contributed by atoms with Gasteiger partial charge < -0.3 is 20.1 Å². The van der Waals surface area contributed by atoms with Gasteiger partial charge in [-0.3, -0.25) is 4.99 Å². The van der Waals surface area contributed by atoms with Crippen LogP contribution in [0.1, 0.15) is 22.4 Å². The molecule has 25 heavy (non-hydrogen) atoms. The molecule has 0 saturated carbocycles. The van der Waals surface area contributed by atoms with Crippen LogP contribution in [0.3, 0.4) is 0 Å². The molecule has 2 N–H and O–H groups in total. The fourth-order valence-electron chi connectivity index (χ4n) is 2.15. The number of aryl methyl sites for hydroxylation is 1. The van der Waals surface area contributed by atoms with Crippen LogP contribution in [0.2, 0.25) is 0 Å². The summed E-state index contributed by atoms with van der Waals surface area (Å²) in [6.45, 7) is 5.91. The van der Waals surface area contributed by atoms with Gasteiger partial charge in [0.05, 0.1) is 20.3 Å². The number of hydrogen-bond acceptors (Lipinski definition) is 5. The second-order valence-corrected chi connectivity index (χ2v) is 6.38. The van der Waals surface area contributed by atoms with Crippen LogP contribution in [0.25, 0.3) is 0 Å². The number of nitrogens with zero attached hydrogens (tertiary/aromatic N) is 2. The largest absolute Gasteiger partial charge is 0.493 e. The van der Waals surface area contributed by atoms with Gasteiger partial charge in [0, 0.05) is 24.7 Å². The first-order valence-corrected chi connectivity index (χ1v) is 8.63. The summed E-state index contributed by atoms with van der Waals surface area (Å²) in [6, 6.07) is 5.90. The lowest BCUT2D eigenvalue weighted by atomic mass is 10.2. The second kappa shape index (κ2) is 11.1. The number of methoxy groups -OCH3 is 1. The van der Waals surface area contributed by atoms with Gasteiger partial charge in [0.2, 0.25) is 0 Å². The highest BCUT2D eigenvalue weighted by molar-refractivity contribution is 14.0. The molecule has 0 bridgehead atoms. The van der Waals surface area contributed by atoms with Crippen LogP contribution >= 0.6 is 35.3 Å². The van der Waals surface area contributed by atoms with Gasteiger partial charge in [-0.2, -0.15) is 0 Å². The van der Waals surface area contributed by atoms with E-state index in [2.05, 4.69) is 20.6 Å². The highest BCUT2D eigenvalue weighted by Gasteiger charge is 2.06. The number of aliphatic imine (C=N–C) groups is 1. The Bertz CT molecular complexity index is 691. The number of thiazole rings is 1. The van der Waals surface area contributed by atoms with Crippen LogP contribution in [0, 0.1) is 6.92 Å². The van der Waals surface area contributed by atoms with Crippen molar-refractivity contribution in [3.63, 3.8) is 0 Å². The third kappa shape index (κ3) is 6.69. The molecule has 0 aliphatic carbocycles. The summed E-state index contributed by atoms with van der Waals surface area (Å²) in [4.78, 5) is 9.77. The first-order chi connectivity index (χ1) is 11.7. The summed E-state index contributed by atoms with van der Waals surface area (Å²) >= 11 is 1.68. The Labute approximate surface area is 170 Å². The third-order valence-corrected chi connectivity index (χ3v) is 4.20. The van der Waals surface area contributed by atoms with E-state index in [9.17, 15) is 0 Å². The summed E-state index contributed by atoms with van der Waals surface area (Å²) in [6.07, 6.45) is 1.88. The van der Waals surface area contributed by atoms with E-state index in [-0.39, 0.29) is 24.0 Å². The van der Waals surface area contributed by atoms with Crippen molar-refractivity contribution in [1.29, 1.82) is 0 Å². The lowest BCUT2D eigenvalue weighted by molar-refractivity contribution is 0.310. The number of benzene rings is 1. The lowest BCUT2D eigenvalue weighted by Gasteiger charge is -2.13. The summed E-state index contributed by atoms with van der Waals surface area (Å²) < 4.78 is 10.9. The van der Waals surface area contributed by atoms with Gasteiger partial charge in [0.1, 0.15) is 5.01 Å². The number of hydrogen-bond donors (Lipinski definition) is 2. The predicted octanol–water partition coefficient (Wildman–Crippen LogP) is 3.34. The molecule has 1 heterocycles. The van der Waals surface area contributed by atoms with E-state index in [1.807, 2.05) is 38.2 Å². The highest BCUT2D eigenvalue weighted by Crippen LogP contribution is 2.27. The fraction of sp³-hybridized carbons (Fsp3) is 0.412. The number of halogens is 1. The van der Waals surface area contributed by atoms with Crippen LogP contribution in [-0.2, 0) is 13.1 Å². The maximum atomic E-state index is 5.53. The number of ether oxygens (including phenoxy) is 2. The maximum Gasteiger partial charge on any atom is 0.191 e. The monoisotopic (exact) mass is 476 g/mol. The molecule has 0 amide bonds. The van der Waals surface area contributed by atoms with Crippen molar-refractivity contribution in [2.24, 2.45) is 4.99 Å². The van der Waals surface area contributed by atoms with E-state index >= 15 is 0 Å². The van der Waals surface area contributed by atoms with E-state index in [4.69, 9.17) is 9.47 Å². The Kier molecular flexibility index (Phi) is 9.58. The molecule has 8 heteroatoms. The average Bonchev–Trinajstić information content (AvgIpc) is 3.01. The molecule has 0 fully saturated rings. The molecular weight excluding hydrogens is 451 g/mol. The van der Waals surface area contributed by atoms with E-state index in [0.717, 1.165) is 28.0 Å². The Morgan fingerprint density at radius 2 is 2.00 bits per heavy atom. The first-order valence-electron chi connectivity index (χ1n) is 7.81. The maximum absolute atomic E-state index is 5.53. The second-order valence-electron chi connectivity index (χ2n) is 5.06. The summed E-state index contributed by atoms with van der Waals surface area (Å²) in [5, 5.41) is 7.59. The van der Waals surface area contributed by atoms with Crippen molar-refractivity contribution in [2.75, 3.05) is 20.8 Å². The van der Waals surface area contributed by atoms with Gasteiger partial charge in [-0.05, 0) is 31.5 Å². The zero-order valence-electron chi connectivity index (χ0n) is 15.0. The Morgan fingerprint density at radius 3 is 2.60 bits per heavy atom. The fourth-order valence-corrected chi connectivity index (χ4v) is 2.87. The number of guanidine groups is 1. The molecule has 138 valence electrons.